The quantitative estimate of drug-likeness (QED) is 0.907. The minimum absolute atomic E-state index is 0.404. The lowest BCUT2D eigenvalue weighted by atomic mass is 10.2. The van der Waals surface area contributed by atoms with E-state index in [9.17, 15) is 0 Å². The number of ether oxygens (including phenoxy) is 1. The highest BCUT2D eigenvalue weighted by Crippen LogP contribution is 2.20. The molecule has 0 unspecified atom stereocenters. The number of anilines is 1. The van der Waals surface area contributed by atoms with E-state index in [1.54, 1.807) is 6.07 Å². The Morgan fingerprint density at radius 1 is 1.29 bits per heavy atom. The second-order valence-electron chi connectivity index (χ2n) is 3.77. The molecule has 0 bridgehead atoms. The van der Waals surface area contributed by atoms with Crippen LogP contribution in [0.1, 0.15) is 11.3 Å². The van der Waals surface area contributed by atoms with Crippen molar-refractivity contribution in [3.8, 4) is 5.88 Å². The highest BCUT2D eigenvalue weighted by atomic mass is 35.5. The van der Waals surface area contributed by atoms with Crippen molar-refractivity contribution in [2.24, 2.45) is 0 Å². The van der Waals surface area contributed by atoms with E-state index in [1.165, 1.54) is 0 Å². The molecule has 0 amide bonds. The van der Waals surface area contributed by atoms with Crippen molar-refractivity contribution in [2.75, 3.05) is 5.73 Å². The summed E-state index contributed by atoms with van der Waals surface area (Å²) >= 11 is 5.89. The zero-order valence-corrected chi connectivity index (χ0v) is 10.2. The number of hydrogen-bond acceptors (Lipinski definition) is 3. The summed E-state index contributed by atoms with van der Waals surface area (Å²) in [5, 5.41) is 0.691. The van der Waals surface area contributed by atoms with Gasteiger partial charge in [0, 0.05) is 10.7 Å². The maximum absolute atomic E-state index is 5.89. The average molecular weight is 249 g/mol. The molecule has 17 heavy (non-hydrogen) atoms. The molecule has 1 aromatic carbocycles. The number of nitrogen functional groups attached to an aromatic ring is 1. The Hall–Kier alpha value is -1.74. The zero-order chi connectivity index (χ0) is 12.3. The molecular weight excluding hydrogens is 236 g/mol. The van der Waals surface area contributed by atoms with Gasteiger partial charge in [0.2, 0.25) is 5.88 Å². The molecule has 0 aliphatic carbocycles. The minimum Gasteiger partial charge on any atom is -0.471 e. The summed E-state index contributed by atoms with van der Waals surface area (Å²) < 4.78 is 5.56. The summed E-state index contributed by atoms with van der Waals surface area (Å²) in [4.78, 5) is 4.23. The van der Waals surface area contributed by atoms with Gasteiger partial charge in [-0.1, -0.05) is 23.7 Å². The molecule has 0 aliphatic heterocycles. The molecule has 88 valence electrons. The zero-order valence-electron chi connectivity index (χ0n) is 9.48. The minimum atomic E-state index is 0.404. The normalized spacial score (nSPS) is 10.2. The topological polar surface area (TPSA) is 48.1 Å². The monoisotopic (exact) mass is 248 g/mol. The van der Waals surface area contributed by atoms with Crippen molar-refractivity contribution in [3.05, 3.63) is 52.7 Å². The second kappa shape index (κ2) is 5.06. The van der Waals surface area contributed by atoms with Gasteiger partial charge in [-0.25, -0.2) is 4.98 Å². The number of nitrogens with zero attached hydrogens (tertiary/aromatic N) is 1. The SMILES string of the molecule is Cc1ccc(N)c(OCc2cccc(Cl)c2)n1. The lowest BCUT2D eigenvalue weighted by Crippen LogP contribution is -2.01. The molecule has 1 aromatic heterocycles. The Balaban J connectivity index is 2.09. The maximum Gasteiger partial charge on any atom is 0.237 e. The Morgan fingerprint density at radius 2 is 2.12 bits per heavy atom. The van der Waals surface area contributed by atoms with E-state index < -0.39 is 0 Å². The van der Waals surface area contributed by atoms with Crippen LogP contribution in [-0.4, -0.2) is 4.98 Å². The summed E-state index contributed by atoms with van der Waals surface area (Å²) in [6.07, 6.45) is 0. The summed E-state index contributed by atoms with van der Waals surface area (Å²) in [6.45, 7) is 2.30. The number of nitrogens with two attached hydrogens (primary N) is 1. The number of rotatable bonds is 3. The smallest absolute Gasteiger partial charge is 0.237 e. The van der Waals surface area contributed by atoms with Crippen LogP contribution in [0.3, 0.4) is 0 Å². The first kappa shape index (κ1) is 11.7. The molecule has 2 rings (SSSR count). The average Bonchev–Trinajstić information content (AvgIpc) is 2.30. The van der Waals surface area contributed by atoms with Crippen LogP contribution in [0.25, 0.3) is 0 Å². The first-order valence-electron chi connectivity index (χ1n) is 5.25. The van der Waals surface area contributed by atoms with Crippen LogP contribution in [0.4, 0.5) is 5.69 Å². The molecule has 3 nitrogen and oxygen atoms in total. The number of hydrogen-bond donors (Lipinski definition) is 1. The van der Waals surface area contributed by atoms with Gasteiger partial charge >= 0.3 is 0 Å². The van der Waals surface area contributed by atoms with E-state index in [0.29, 0.717) is 23.2 Å². The standard InChI is InChI=1S/C13H13ClN2O/c1-9-5-6-12(15)13(16-9)17-8-10-3-2-4-11(14)7-10/h2-7H,8,15H2,1H3. The fourth-order valence-corrected chi connectivity index (χ4v) is 1.65. The van der Waals surface area contributed by atoms with E-state index in [2.05, 4.69) is 4.98 Å². The second-order valence-corrected chi connectivity index (χ2v) is 4.20. The lowest BCUT2D eigenvalue weighted by Gasteiger charge is -2.08. The van der Waals surface area contributed by atoms with E-state index in [0.717, 1.165) is 11.3 Å². The Kier molecular flexibility index (Phi) is 3.49. The van der Waals surface area contributed by atoms with Crippen molar-refractivity contribution >= 4 is 17.3 Å². The van der Waals surface area contributed by atoms with Crippen molar-refractivity contribution in [1.82, 2.24) is 4.98 Å². The molecule has 0 fully saturated rings. The van der Waals surface area contributed by atoms with Crippen LogP contribution in [-0.2, 0) is 6.61 Å². The summed E-state index contributed by atoms with van der Waals surface area (Å²) in [7, 11) is 0. The van der Waals surface area contributed by atoms with Crippen LogP contribution in [0, 0.1) is 6.92 Å². The Labute approximate surface area is 105 Å². The van der Waals surface area contributed by atoms with Gasteiger partial charge in [0.05, 0.1) is 5.69 Å². The number of aromatic nitrogens is 1. The van der Waals surface area contributed by atoms with Crippen molar-refractivity contribution < 1.29 is 4.74 Å². The number of aryl methyl sites for hydroxylation is 1. The van der Waals surface area contributed by atoms with E-state index in [4.69, 9.17) is 22.1 Å². The van der Waals surface area contributed by atoms with E-state index in [-0.39, 0.29) is 0 Å². The van der Waals surface area contributed by atoms with Gasteiger partial charge in [-0.15, -0.1) is 0 Å². The molecular formula is C13H13ClN2O. The summed E-state index contributed by atoms with van der Waals surface area (Å²) in [5.41, 5.74) is 8.17. The Morgan fingerprint density at radius 3 is 2.88 bits per heavy atom. The van der Waals surface area contributed by atoms with E-state index >= 15 is 0 Å². The van der Waals surface area contributed by atoms with Crippen LogP contribution in [0.5, 0.6) is 5.88 Å². The number of pyridine rings is 1. The summed E-state index contributed by atoms with van der Waals surface area (Å²) in [6, 6.07) is 11.1. The van der Waals surface area contributed by atoms with Gasteiger partial charge in [0.15, 0.2) is 0 Å². The molecule has 0 aliphatic rings. The third-order valence-electron chi connectivity index (χ3n) is 2.29. The van der Waals surface area contributed by atoms with Crippen molar-refractivity contribution in [3.63, 3.8) is 0 Å². The van der Waals surface area contributed by atoms with Crippen LogP contribution < -0.4 is 10.5 Å². The highest BCUT2D eigenvalue weighted by Gasteiger charge is 2.03. The fourth-order valence-electron chi connectivity index (χ4n) is 1.44. The molecule has 4 heteroatoms. The van der Waals surface area contributed by atoms with Gasteiger partial charge in [-0.2, -0.15) is 0 Å². The van der Waals surface area contributed by atoms with Crippen molar-refractivity contribution in [2.45, 2.75) is 13.5 Å². The van der Waals surface area contributed by atoms with E-state index in [1.807, 2.05) is 37.3 Å². The fraction of sp³-hybridized carbons (Fsp3) is 0.154. The molecule has 2 aromatic rings. The van der Waals surface area contributed by atoms with Crippen LogP contribution in [0.2, 0.25) is 5.02 Å². The van der Waals surface area contributed by atoms with Crippen LogP contribution in [0.15, 0.2) is 36.4 Å². The maximum atomic E-state index is 5.89. The van der Waals surface area contributed by atoms with Gasteiger partial charge in [-0.05, 0) is 36.8 Å². The van der Waals surface area contributed by atoms with Crippen molar-refractivity contribution in [1.29, 1.82) is 0 Å². The summed E-state index contributed by atoms with van der Waals surface area (Å²) in [5.74, 6) is 0.463. The van der Waals surface area contributed by atoms with Crippen LogP contribution >= 0.6 is 11.6 Å². The van der Waals surface area contributed by atoms with Gasteiger partial charge < -0.3 is 10.5 Å². The molecule has 0 spiro atoms. The first-order chi connectivity index (χ1) is 8.15. The molecule has 0 saturated carbocycles. The molecule has 0 atom stereocenters. The lowest BCUT2D eigenvalue weighted by molar-refractivity contribution is 0.295. The highest BCUT2D eigenvalue weighted by molar-refractivity contribution is 6.30. The molecule has 0 radical (unpaired) electrons. The molecule has 2 N–H and O–H groups in total. The molecule has 0 saturated heterocycles. The third kappa shape index (κ3) is 3.11. The first-order valence-corrected chi connectivity index (χ1v) is 5.63. The van der Waals surface area contributed by atoms with Gasteiger partial charge in [0.25, 0.3) is 0 Å². The predicted octanol–water partition coefficient (Wildman–Crippen LogP) is 3.20. The third-order valence-corrected chi connectivity index (χ3v) is 2.53. The largest absolute Gasteiger partial charge is 0.471 e. The van der Waals surface area contributed by atoms with Gasteiger partial charge in [-0.3, -0.25) is 0 Å². The van der Waals surface area contributed by atoms with Gasteiger partial charge in [0.1, 0.15) is 6.61 Å². The number of benzene rings is 1. The Bertz CT molecular complexity index is 529. The predicted molar refractivity (Wildman–Crippen MR) is 69.2 cm³/mol. The number of halogens is 1. The molecule has 1 heterocycles.